The van der Waals surface area contributed by atoms with Crippen LogP contribution >= 0.6 is 0 Å². The quantitative estimate of drug-likeness (QED) is 0.895. The maximum atomic E-state index is 11.4. The fourth-order valence-electron chi connectivity index (χ4n) is 2.52. The van der Waals surface area contributed by atoms with Gasteiger partial charge in [-0.15, -0.1) is 0 Å². The van der Waals surface area contributed by atoms with E-state index in [0.717, 1.165) is 42.7 Å². The first-order valence-electron chi connectivity index (χ1n) is 6.76. The molecule has 0 saturated heterocycles. The van der Waals surface area contributed by atoms with Gasteiger partial charge in [-0.25, -0.2) is 9.78 Å². The van der Waals surface area contributed by atoms with Crippen molar-refractivity contribution in [1.29, 1.82) is 0 Å². The summed E-state index contributed by atoms with van der Waals surface area (Å²) in [6.07, 6.45) is 5.65. The molecule has 5 nitrogen and oxygen atoms in total. The van der Waals surface area contributed by atoms with Crippen LogP contribution in [0.15, 0.2) is 28.9 Å². The molecule has 0 bridgehead atoms. The van der Waals surface area contributed by atoms with Crippen LogP contribution in [0.1, 0.15) is 40.2 Å². The standard InChI is InChI=1S/C15H16N2O3/c18-15(19)12-8-10-4-1-2-6-13(10)17-14(12)16-9-11-5-3-7-20-11/h3,5,7-8H,1-2,4,6,9H2,(H,16,17)(H,18,19). The number of carboxylic acids is 1. The molecule has 0 amide bonds. The Kier molecular flexibility index (Phi) is 3.41. The minimum absolute atomic E-state index is 0.234. The van der Waals surface area contributed by atoms with Gasteiger partial charge in [0.1, 0.15) is 17.1 Å². The molecule has 104 valence electrons. The molecule has 0 aliphatic heterocycles. The largest absolute Gasteiger partial charge is 0.478 e. The predicted molar refractivity (Wildman–Crippen MR) is 73.9 cm³/mol. The SMILES string of the molecule is O=C(O)c1cc2c(nc1NCc1ccco1)CCCC2. The molecule has 0 fully saturated rings. The summed E-state index contributed by atoms with van der Waals surface area (Å²) < 4.78 is 5.23. The van der Waals surface area contributed by atoms with Gasteiger partial charge in [-0.3, -0.25) is 0 Å². The van der Waals surface area contributed by atoms with Crippen LogP contribution in [0.25, 0.3) is 0 Å². The van der Waals surface area contributed by atoms with Crippen molar-refractivity contribution in [2.75, 3.05) is 5.32 Å². The van der Waals surface area contributed by atoms with Crippen molar-refractivity contribution >= 4 is 11.8 Å². The lowest BCUT2D eigenvalue weighted by Gasteiger charge is -2.17. The number of pyridine rings is 1. The molecule has 2 aromatic heterocycles. The van der Waals surface area contributed by atoms with Crippen LogP contribution in [0, 0.1) is 0 Å². The lowest BCUT2D eigenvalue weighted by atomic mass is 9.95. The average Bonchev–Trinajstić information content (AvgIpc) is 2.97. The van der Waals surface area contributed by atoms with Crippen LogP contribution < -0.4 is 5.32 Å². The lowest BCUT2D eigenvalue weighted by molar-refractivity contribution is 0.0697. The van der Waals surface area contributed by atoms with Gasteiger partial charge < -0.3 is 14.8 Å². The molecule has 0 unspecified atom stereocenters. The smallest absolute Gasteiger partial charge is 0.339 e. The number of fused-ring (bicyclic) bond motifs is 1. The first kappa shape index (κ1) is 12.7. The van der Waals surface area contributed by atoms with Crippen LogP contribution in [0.5, 0.6) is 0 Å². The Bertz CT molecular complexity index is 620. The van der Waals surface area contributed by atoms with Gasteiger partial charge in [-0.2, -0.15) is 0 Å². The van der Waals surface area contributed by atoms with Crippen LogP contribution in [0.2, 0.25) is 0 Å². The minimum Gasteiger partial charge on any atom is -0.478 e. The van der Waals surface area contributed by atoms with E-state index in [4.69, 9.17) is 4.42 Å². The Labute approximate surface area is 116 Å². The first-order valence-corrected chi connectivity index (χ1v) is 6.76. The van der Waals surface area contributed by atoms with Gasteiger partial charge in [0.05, 0.1) is 12.8 Å². The highest BCUT2D eigenvalue weighted by Crippen LogP contribution is 2.25. The number of carbonyl (C=O) groups is 1. The van der Waals surface area contributed by atoms with Gasteiger partial charge >= 0.3 is 5.97 Å². The summed E-state index contributed by atoms with van der Waals surface area (Å²) in [4.78, 5) is 15.9. The maximum absolute atomic E-state index is 11.4. The second-order valence-electron chi connectivity index (χ2n) is 4.94. The van der Waals surface area contributed by atoms with E-state index < -0.39 is 5.97 Å². The van der Waals surface area contributed by atoms with Crippen LogP contribution in [0.3, 0.4) is 0 Å². The van der Waals surface area contributed by atoms with Gasteiger partial charge in [0.2, 0.25) is 0 Å². The number of aromatic nitrogens is 1. The molecule has 5 heteroatoms. The highest BCUT2D eigenvalue weighted by molar-refractivity contribution is 5.93. The molecular weight excluding hydrogens is 256 g/mol. The number of aryl methyl sites for hydroxylation is 2. The molecule has 0 aromatic carbocycles. The van der Waals surface area contributed by atoms with E-state index in [9.17, 15) is 9.90 Å². The predicted octanol–water partition coefficient (Wildman–Crippen LogP) is 2.86. The van der Waals surface area contributed by atoms with Gasteiger partial charge in [0, 0.05) is 5.69 Å². The molecule has 2 aromatic rings. The first-order chi connectivity index (χ1) is 9.74. The van der Waals surface area contributed by atoms with Gasteiger partial charge in [0.15, 0.2) is 0 Å². The average molecular weight is 272 g/mol. The van der Waals surface area contributed by atoms with E-state index in [-0.39, 0.29) is 5.56 Å². The van der Waals surface area contributed by atoms with E-state index in [1.165, 1.54) is 0 Å². The zero-order valence-electron chi connectivity index (χ0n) is 11.1. The number of rotatable bonds is 4. The molecule has 2 N–H and O–H groups in total. The Hall–Kier alpha value is -2.30. The monoisotopic (exact) mass is 272 g/mol. The van der Waals surface area contributed by atoms with E-state index in [0.29, 0.717) is 12.4 Å². The van der Waals surface area contributed by atoms with E-state index in [1.807, 2.05) is 6.07 Å². The second kappa shape index (κ2) is 5.36. The molecule has 1 aliphatic carbocycles. The number of hydrogen-bond acceptors (Lipinski definition) is 4. The summed E-state index contributed by atoms with van der Waals surface area (Å²) in [5, 5.41) is 12.4. The summed E-state index contributed by atoms with van der Waals surface area (Å²) >= 11 is 0. The number of furan rings is 1. The molecule has 0 radical (unpaired) electrons. The number of aromatic carboxylic acids is 1. The lowest BCUT2D eigenvalue weighted by Crippen LogP contribution is -2.14. The van der Waals surface area contributed by atoms with Gasteiger partial charge in [-0.05, 0) is 49.4 Å². The highest BCUT2D eigenvalue weighted by Gasteiger charge is 2.18. The van der Waals surface area contributed by atoms with Crippen molar-refractivity contribution in [2.45, 2.75) is 32.2 Å². The number of nitrogens with one attached hydrogen (secondary N) is 1. The Morgan fingerprint density at radius 1 is 1.40 bits per heavy atom. The van der Waals surface area contributed by atoms with Gasteiger partial charge in [-0.1, -0.05) is 0 Å². The fourth-order valence-corrected chi connectivity index (χ4v) is 2.52. The summed E-state index contributed by atoms with van der Waals surface area (Å²) in [5.74, 6) is 0.225. The zero-order valence-corrected chi connectivity index (χ0v) is 11.1. The molecular formula is C15H16N2O3. The van der Waals surface area contributed by atoms with Crippen LogP contribution in [0.4, 0.5) is 5.82 Å². The third kappa shape index (κ3) is 2.52. The van der Waals surface area contributed by atoms with Crippen LogP contribution in [-0.4, -0.2) is 16.1 Å². The van der Waals surface area contributed by atoms with Gasteiger partial charge in [0.25, 0.3) is 0 Å². The number of nitrogens with zero attached hydrogens (tertiary/aromatic N) is 1. The molecule has 0 atom stereocenters. The Balaban J connectivity index is 1.89. The van der Waals surface area contributed by atoms with Crippen molar-refractivity contribution in [3.8, 4) is 0 Å². The summed E-state index contributed by atoms with van der Waals surface area (Å²) in [6.45, 7) is 0.430. The molecule has 2 heterocycles. The molecule has 0 saturated carbocycles. The highest BCUT2D eigenvalue weighted by atomic mass is 16.4. The topological polar surface area (TPSA) is 75.4 Å². The van der Waals surface area contributed by atoms with Crippen molar-refractivity contribution in [3.63, 3.8) is 0 Å². The molecule has 1 aliphatic rings. The third-order valence-electron chi connectivity index (χ3n) is 3.54. The molecule has 20 heavy (non-hydrogen) atoms. The minimum atomic E-state index is -0.951. The maximum Gasteiger partial charge on any atom is 0.339 e. The summed E-state index contributed by atoms with van der Waals surface area (Å²) in [7, 11) is 0. The van der Waals surface area contributed by atoms with E-state index in [2.05, 4.69) is 10.3 Å². The summed E-state index contributed by atoms with van der Waals surface area (Å²) in [6, 6.07) is 5.40. The zero-order chi connectivity index (χ0) is 13.9. The Morgan fingerprint density at radius 2 is 2.25 bits per heavy atom. The Morgan fingerprint density at radius 3 is 3.00 bits per heavy atom. The van der Waals surface area contributed by atoms with Crippen molar-refractivity contribution in [3.05, 3.63) is 47.0 Å². The molecule has 3 rings (SSSR count). The van der Waals surface area contributed by atoms with Crippen molar-refractivity contribution < 1.29 is 14.3 Å². The second-order valence-corrected chi connectivity index (χ2v) is 4.94. The fraction of sp³-hybridized carbons (Fsp3) is 0.333. The third-order valence-corrected chi connectivity index (χ3v) is 3.54. The van der Waals surface area contributed by atoms with E-state index >= 15 is 0 Å². The summed E-state index contributed by atoms with van der Waals surface area (Å²) in [5.41, 5.74) is 2.32. The molecule has 0 spiro atoms. The number of carboxylic acid groups (broad SMARTS) is 1. The normalized spacial score (nSPS) is 13.8. The van der Waals surface area contributed by atoms with Crippen molar-refractivity contribution in [2.24, 2.45) is 0 Å². The number of hydrogen-bond donors (Lipinski definition) is 2. The van der Waals surface area contributed by atoms with E-state index in [1.54, 1.807) is 18.4 Å². The van der Waals surface area contributed by atoms with Crippen molar-refractivity contribution in [1.82, 2.24) is 4.98 Å². The van der Waals surface area contributed by atoms with Crippen LogP contribution in [-0.2, 0) is 19.4 Å². The number of anilines is 1.